The standard InChI is InChI=1S/C10H17NOS/c1-6(2)10(5,12)9-11-7(3)8(4)13-9/h6,12H,1-5H3/t10-/m0/s1. The van der Waals surface area contributed by atoms with E-state index >= 15 is 0 Å². The number of aliphatic hydroxyl groups is 1. The van der Waals surface area contributed by atoms with Crippen LogP contribution in [0.2, 0.25) is 0 Å². The minimum absolute atomic E-state index is 0.192. The van der Waals surface area contributed by atoms with Crippen LogP contribution >= 0.6 is 11.3 Å². The van der Waals surface area contributed by atoms with E-state index in [0.29, 0.717) is 0 Å². The number of aryl methyl sites for hydroxylation is 2. The second kappa shape index (κ2) is 3.39. The quantitative estimate of drug-likeness (QED) is 0.794. The first kappa shape index (κ1) is 10.7. The number of aromatic nitrogens is 1. The summed E-state index contributed by atoms with van der Waals surface area (Å²) in [6.07, 6.45) is 0. The van der Waals surface area contributed by atoms with Gasteiger partial charge in [-0.15, -0.1) is 11.3 Å². The summed E-state index contributed by atoms with van der Waals surface area (Å²) in [5.41, 5.74) is 0.241. The summed E-state index contributed by atoms with van der Waals surface area (Å²) in [6.45, 7) is 9.85. The van der Waals surface area contributed by atoms with Crippen LogP contribution in [0.4, 0.5) is 0 Å². The lowest BCUT2D eigenvalue weighted by Crippen LogP contribution is -2.27. The molecule has 1 heterocycles. The number of rotatable bonds is 2. The molecule has 74 valence electrons. The predicted molar refractivity (Wildman–Crippen MR) is 56.0 cm³/mol. The summed E-state index contributed by atoms with van der Waals surface area (Å²) in [5, 5.41) is 11.0. The molecular weight excluding hydrogens is 182 g/mol. The Morgan fingerprint density at radius 2 is 1.92 bits per heavy atom. The minimum atomic E-state index is -0.788. The van der Waals surface area contributed by atoms with Gasteiger partial charge in [-0.05, 0) is 26.7 Å². The van der Waals surface area contributed by atoms with E-state index in [0.717, 1.165) is 10.7 Å². The van der Waals surface area contributed by atoms with Gasteiger partial charge >= 0.3 is 0 Å². The monoisotopic (exact) mass is 199 g/mol. The van der Waals surface area contributed by atoms with Gasteiger partial charge < -0.3 is 5.11 Å². The van der Waals surface area contributed by atoms with E-state index < -0.39 is 5.60 Å². The van der Waals surface area contributed by atoms with Crippen LogP contribution in [0, 0.1) is 19.8 Å². The van der Waals surface area contributed by atoms with Crippen molar-refractivity contribution in [1.82, 2.24) is 4.98 Å². The zero-order valence-electron chi connectivity index (χ0n) is 8.88. The minimum Gasteiger partial charge on any atom is -0.383 e. The first-order valence-corrected chi connectivity index (χ1v) is 5.34. The molecule has 2 nitrogen and oxygen atoms in total. The number of thiazole rings is 1. The lowest BCUT2D eigenvalue weighted by atomic mass is 9.93. The molecule has 0 radical (unpaired) electrons. The van der Waals surface area contributed by atoms with Gasteiger partial charge in [-0.2, -0.15) is 0 Å². The van der Waals surface area contributed by atoms with Gasteiger partial charge in [0.1, 0.15) is 10.6 Å². The van der Waals surface area contributed by atoms with Crippen LogP contribution in [0.1, 0.15) is 36.3 Å². The summed E-state index contributed by atoms with van der Waals surface area (Å²) in [7, 11) is 0. The first-order valence-electron chi connectivity index (χ1n) is 4.52. The van der Waals surface area contributed by atoms with Crippen molar-refractivity contribution in [1.29, 1.82) is 0 Å². The van der Waals surface area contributed by atoms with E-state index in [9.17, 15) is 5.11 Å². The topological polar surface area (TPSA) is 33.1 Å². The maximum Gasteiger partial charge on any atom is 0.125 e. The Kier molecular flexibility index (Phi) is 2.78. The van der Waals surface area contributed by atoms with Crippen molar-refractivity contribution in [3.63, 3.8) is 0 Å². The molecule has 3 heteroatoms. The highest BCUT2D eigenvalue weighted by Crippen LogP contribution is 2.32. The Morgan fingerprint density at radius 3 is 2.23 bits per heavy atom. The molecule has 0 bridgehead atoms. The molecule has 0 saturated heterocycles. The maximum absolute atomic E-state index is 10.1. The van der Waals surface area contributed by atoms with Gasteiger partial charge in [0.25, 0.3) is 0 Å². The van der Waals surface area contributed by atoms with Crippen molar-refractivity contribution in [2.24, 2.45) is 5.92 Å². The molecule has 1 aromatic rings. The zero-order valence-corrected chi connectivity index (χ0v) is 9.70. The van der Waals surface area contributed by atoms with Crippen LogP contribution in [-0.4, -0.2) is 10.1 Å². The fourth-order valence-corrected chi connectivity index (χ4v) is 2.04. The third-order valence-corrected chi connectivity index (χ3v) is 3.89. The Hall–Kier alpha value is -0.410. The summed E-state index contributed by atoms with van der Waals surface area (Å²) >= 11 is 1.59. The number of nitrogens with zero attached hydrogens (tertiary/aromatic N) is 1. The van der Waals surface area contributed by atoms with Gasteiger partial charge in [0, 0.05) is 4.88 Å². The normalized spacial score (nSPS) is 16.2. The van der Waals surface area contributed by atoms with Crippen LogP contribution in [0.25, 0.3) is 0 Å². The van der Waals surface area contributed by atoms with Crippen LogP contribution in [0.5, 0.6) is 0 Å². The van der Waals surface area contributed by atoms with Gasteiger partial charge in [-0.25, -0.2) is 4.98 Å². The Bertz CT molecular complexity index is 282. The average molecular weight is 199 g/mol. The Balaban J connectivity index is 3.07. The fraction of sp³-hybridized carbons (Fsp3) is 0.700. The highest BCUT2D eigenvalue weighted by molar-refractivity contribution is 7.11. The smallest absolute Gasteiger partial charge is 0.125 e. The van der Waals surface area contributed by atoms with E-state index in [1.165, 1.54) is 4.88 Å². The first-order chi connectivity index (χ1) is 5.85. The molecule has 0 aliphatic carbocycles. The summed E-state index contributed by atoms with van der Waals surface area (Å²) in [4.78, 5) is 5.56. The molecular formula is C10H17NOS. The summed E-state index contributed by atoms with van der Waals surface area (Å²) in [5.74, 6) is 0.192. The van der Waals surface area contributed by atoms with Crippen molar-refractivity contribution >= 4 is 11.3 Å². The summed E-state index contributed by atoms with van der Waals surface area (Å²) < 4.78 is 0. The molecule has 0 saturated carbocycles. The maximum atomic E-state index is 10.1. The number of hydrogen-bond acceptors (Lipinski definition) is 3. The van der Waals surface area contributed by atoms with E-state index in [2.05, 4.69) is 4.98 Å². The van der Waals surface area contributed by atoms with Crippen LogP contribution in [0.3, 0.4) is 0 Å². The molecule has 0 unspecified atom stereocenters. The number of hydrogen-bond donors (Lipinski definition) is 1. The Labute approximate surface area is 83.6 Å². The molecule has 0 aliphatic heterocycles. The third kappa shape index (κ3) is 1.92. The van der Waals surface area contributed by atoms with Gasteiger partial charge in [0.05, 0.1) is 5.69 Å². The highest BCUT2D eigenvalue weighted by atomic mass is 32.1. The van der Waals surface area contributed by atoms with Crippen LogP contribution in [0.15, 0.2) is 0 Å². The summed E-state index contributed by atoms with van der Waals surface area (Å²) in [6, 6.07) is 0. The molecule has 0 amide bonds. The predicted octanol–water partition coefficient (Wildman–Crippen LogP) is 2.62. The van der Waals surface area contributed by atoms with Gasteiger partial charge in [-0.1, -0.05) is 13.8 Å². The van der Waals surface area contributed by atoms with Crippen LogP contribution < -0.4 is 0 Å². The largest absolute Gasteiger partial charge is 0.383 e. The lowest BCUT2D eigenvalue weighted by Gasteiger charge is -2.24. The van der Waals surface area contributed by atoms with Crippen molar-refractivity contribution in [3.8, 4) is 0 Å². The van der Waals surface area contributed by atoms with E-state index in [1.54, 1.807) is 11.3 Å². The second-order valence-corrected chi connectivity index (χ2v) is 5.17. The molecule has 1 N–H and O–H groups in total. The van der Waals surface area contributed by atoms with E-state index in [4.69, 9.17) is 0 Å². The van der Waals surface area contributed by atoms with Crippen LogP contribution in [-0.2, 0) is 5.60 Å². The molecule has 1 aromatic heterocycles. The molecule has 1 rings (SSSR count). The van der Waals surface area contributed by atoms with Gasteiger partial charge in [-0.3, -0.25) is 0 Å². The molecule has 0 spiro atoms. The molecule has 0 fully saturated rings. The fourth-order valence-electron chi connectivity index (χ4n) is 0.936. The van der Waals surface area contributed by atoms with E-state index in [-0.39, 0.29) is 5.92 Å². The van der Waals surface area contributed by atoms with Gasteiger partial charge in [0.2, 0.25) is 0 Å². The SMILES string of the molecule is Cc1nc([C@@](C)(O)C(C)C)sc1C. The highest BCUT2D eigenvalue weighted by Gasteiger charge is 2.30. The molecule has 1 atom stereocenters. The van der Waals surface area contributed by atoms with Crippen molar-refractivity contribution in [2.75, 3.05) is 0 Å². The van der Waals surface area contributed by atoms with Crippen molar-refractivity contribution in [2.45, 2.75) is 40.2 Å². The van der Waals surface area contributed by atoms with E-state index in [1.807, 2.05) is 34.6 Å². The van der Waals surface area contributed by atoms with Gasteiger partial charge in [0.15, 0.2) is 0 Å². The van der Waals surface area contributed by atoms with Crippen molar-refractivity contribution in [3.05, 3.63) is 15.6 Å². The average Bonchev–Trinajstić information content (AvgIpc) is 2.32. The molecule has 0 aromatic carbocycles. The third-order valence-electron chi connectivity index (χ3n) is 2.59. The Morgan fingerprint density at radius 1 is 1.38 bits per heavy atom. The second-order valence-electron chi connectivity index (χ2n) is 3.96. The van der Waals surface area contributed by atoms with Crippen molar-refractivity contribution < 1.29 is 5.11 Å². The zero-order chi connectivity index (χ0) is 10.2. The molecule has 0 aliphatic rings. The molecule has 13 heavy (non-hydrogen) atoms. The lowest BCUT2D eigenvalue weighted by molar-refractivity contribution is 0.00876.